The molecule has 4 heteroatoms. The number of aromatic nitrogens is 2. The fraction of sp³-hybridized carbons (Fsp3) is 0.235. The van der Waals surface area contributed by atoms with Crippen molar-refractivity contribution in [2.24, 2.45) is 0 Å². The Morgan fingerprint density at radius 3 is 2.71 bits per heavy atom. The molecule has 0 aliphatic heterocycles. The summed E-state index contributed by atoms with van der Waals surface area (Å²) in [6, 6.07) is 16.3. The molecule has 0 amide bonds. The molecule has 0 saturated heterocycles. The fourth-order valence-electron chi connectivity index (χ4n) is 2.48. The first kappa shape index (κ1) is 13.8. The van der Waals surface area contributed by atoms with E-state index in [4.69, 9.17) is 0 Å². The molecule has 108 valence electrons. The van der Waals surface area contributed by atoms with E-state index in [0.29, 0.717) is 6.54 Å². The van der Waals surface area contributed by atoms with Crippen molar-refractivity contribution in [2.45, 2.75) is 19.0 Å². The van der Waals surface area contributed by atoms with Gasteiger partial charge in [0.2, 0.25) is 0 Å². The molecule has 0 radical (unpaired) electrons. The van der Waals surface area contributed by atoms with Gasteiger partial charge in [0.05, 0.1) is 18.3 Å². The van der Waals surface area contributed by atoms with E-state index >= 15 is 0 Å². The number of hydrogen-bond acceptors (Lipinski definition) is 3. The molecule has 0 fully saturated rings. The lowest BCUT2D eigenvalue weighted by molar-refractivity contribution is 0.241. The summed E-state index contributed by atoms with van der Waals surface area (Å²) in [5, 5.41) is 17.3. The minimum atomic E-state index is 0.0473. The normalized spacial score (nSPS) is 12.6. The zero-order valence-electron chi connectivity index (χ0n) is 11.8. The maximum atomic E-state index is 9.55. The van der Waals surface area contributed by atoms with Crippen molar-refractivity contribution < 1.29 is 5.11 Å². The first-order valence-corrected chi connectivity index (χ1v) is 7.16. The molecule has 2 aromatic heterocycles. The zero-order valence-corrected chi connectivity index (χ0v) is 11.8. The molecule has 4 nitrogen and oxygen atoms in total. The van der Waals surface area contributed by atoms with E-state index in [1.165, 1.54) is 5.56 Å². The molecule has 3 aromatic rings. The lowest BCUT2D eigenvalue weighted by Gasteiger charge is -2.16. The van der Waals surface area contributed by atoms with Crippen molar-refractivity contribution in [1.82, 2.24) is 14.9 Å². The first-order valence-electron chi connectivity index (χ1n) is 7.16. The number of pyridine rings is 1. The molecule has 21 heavy (non-hydrogen) atoms. The third-order valence-electron chi connectivity index (χ3n) is 3.63. The van der Waals surface area contributed by atoms with Gasteiger partial charge in [0.25, 0.3) is 0 Å². The van der Waals surface area contributed by atoms with Gasteiger partial charge < -0.3 is 10.4 Å². The number of rotatable bonds is 6. The van der Waals surface area contributed by atoms with Crippen LogP contribution in [-0.2, 0) is 13.0 Å². The van der Waals surface area contributed by atoms with Gasteiger partial charge in [0, 0.05) is 24.3 Å². The Morgan fingerprint density at radius 1 is 1.10 bits per heavy atom. The van der Waals surface area contributed by atoms with Gasteiger partial charge in [-0.15, -0.1) is 0 Å². The van der Waals surface area contributed by atoms with Gasteiger partial charge in [-0.05, 0) is 24.1 Å². The highest BCUT2D eigenvalue weighted by Crippen LogP contribution is 2.10. The van der Waals surface area contributed by atoms with E-state index in [9.17, 15) is 5.11 Å². The summed E-state index contributed by atoms with van der Waals surface area (Å²) >= 11 is 0. The highest BCUT2D eigenvalue weighted by molar-refractivity contribution is 5.53. The van der Waals surface area contributed by atoms with Crippen LogP contribution >= 0.6 is 0 Å². The van der Waals surface area contributed by atoms with Crippen molar-refractivity contribution in [3.8, 4) is 0 Å². The third kappa shape index (κ3) is 3.29. The van der Waals surface area contributed by atoms with Crippen molar-refractivity contribution in [3.05, 3.63) is 72.1 Å². The summed E-state index contributed by atoms with van der Waals surface area (Å²) in [5.74, 6) is 0. The third-order valence-corrected chi connectivity index (χ3v) is 3.63. The van der Waals surface area contributed by atoms with E-state index in [1.54, 1.807) is 0 Å². The van der Waals surface area contributed by atoms with Crippen molar-refractivity contribution in [3.63, 3.8) is 0 Å². The second-order valence-corrected chi connectivity index (χ2v) is 5.15. The van der Waals surface area contributed by atoms with Crippen LogP contribution in [0.5, 0.6) is 0 Å². The van der Waals surface area contributed by atoms with Gasteiger partial charge >= 0.3 is 0 Å². The predicted molar refractivity (Wildman–Crippen MR) is 83.1 cm³/mol. The summed E-state index contributed by atoms with van der Waals surface area (Å²) < 4.78 is 1.86. The smallest absolute Gasteiger partial charge is 0.0706 e. The minimum absolute atomic E-state index is 0.0473. The Kier molecular flexibility index (Phi) is 4.28. The molecule has 2 N–H and O–H groups in total. The van der Waals surface area contributed by atoms with Crippen molar-refractivity contribution >= 4 is 5.52 Å². The Labute approximate surface area is 124 Å². The molecule has 0 aliphatic rings. The van der Waals surface area contributed by atoms with Crippen molar-refractivity contribution in [2.75, 3.05) is 6.61 Å². The number of nitrogens with zero attached hydrogens (tertiary/aromatic N) is 2. The minimum Gasteiger partial charge on any atom is -0.395 e. The number of nitrogens with one attached hydrogen (secondary N) is 1. The topological polar surface area (TPSA) is 49.6 Å². The summed E-state index contributed by atoms with van der Waals surface area (Å²) in [4.78, 5) is 0. The summed E-state index contributed by atoms with van der Waals surface area (Å²) in [6.07, 6.45) is 4.63. The molecule has 2 heterocycles. The average Bonchev–Trinajstić information content (AvgIpc) is 2.96. The van der Waals surface area contributed by atoms with Gasteiger partial charge in [-0.2, -0.15) is 5.10 Å². The van der Waals surface area contributed by atoms with E-state index in [0.717, 1.165) is 17.5 Å². The second kappa shape index (κ2) is 6.52. The molecule has 0 spiro atoms. The average molecular weight is 281 g/mol. The lowest BCUT2D eigenvalue weighted by Crippen LogP contribution is -2.33. The Morgan fingerprint density at radius 2 is 1.90 bits per heavy atom. The number of aliphatic hydroxyl groups is 1. The maximum Gasteiger partial charge on any atom is 0.0706 e. The molecular weight excluding hydrogens is 262 g/mol. The zero-order chi connectivity index (χ0) is 14.5. The van der Waals surface area contributed by atoms with Crippen molar-refractivity contribution in [1.29, 1.82) is 0 Å². The Bertz CT molecular complexity index is 693. The van der Waals surface area contributed by atoms with Gasteiger partial charge in [-0.1, -0.05) is 36.4 Å². The van der Waals surface area contributed by atoms with Crippen LogP contribution in [0.15, 0.2) is 60.9 Å². The standard InChI is InChI=1S/C17H19N3O/c21-13-16(10-14-6-2-1-3-7-14)18-11-15-12-19-20-9-5-4-8-17(15)20/h1-9,12,16,18,21H,10-11,13H2/t16-/m1/s1. The number of hydrogen-bond donors (Lipinski definition) is 2. The molecule has 0 saturated carbocycles. The molecular formula is C17H19N3O. The quantitative estimate of drug-likeness (QED) is 0.727. The molecule has 0 unspecified atom stereocenters. The summed E-state index contributed by atoms with van der Waals surface area (Å²) in [7, 11) is 0. The summed E-state index contributed by atoms with van der Waals surface area (Å²) in [5.41, 5.74) is 3.47. The highest BCUT2D eigenvalue weighted by Gasteiger charge is 2.10. The SMILES string of the molecule is OC[C@@H](Cc1ccccc1)NCc1cnn2ccccc12. The number of benzene rings is 1. The Hall–Kier alpha value is -2.17. The Balaban J connectivity index is 1.65. The van der Waals surface area contributed by atoms with Crippen LogP contribution in [0.4, 0.5) is 0 Å². The number of aliphatic hydroxyl groups excluding tert-OH is 1. The van der Waals surface area contributed by atoms with Crippen LogP contribution < -0.4 is 5.32 Å². The van der Waals surface area contributed by atoms with E-state index in [-0.39, 0.29) is 12.6 Å². The maximum absolute atomic E-state index is 9.55. The molecule has 1 atom stereocenters. The van der Waals surface area contributed by atoms with Gasteiger partial charge in [0.1, 0.15) is 0 Å². The predicted octanol–water partition coefficient (Wildman–Crippen LogP) is 2.03. The van der Waals surface area contributed by atoms with E-state index < -0.39 is 0 Å². The number of fused-ring (bicyclic) bond motifs is 1. The highest BCUT2D eigenvalue weighted by atomic mass is 16.3. The van der Waals surface area contributed by atoms with Crippen LogP contribution in [-0.4, -0.2) is 27.4 Å². The van der Waals surface area contributed by atoms with Crippen LogP contribution in [0.2, 0.25) is 0 Å². The molecule has 0 bridgehead atoms. The lowest BCUT2D eigenvalue weighted by atomic mass is 10.1. The van der Waals surface area contributed by atoms with Gasteiger partial charge in [-0.25, -0.2) is 4.52 Å². The monoisotopic (exact) mass is 281 g/mol. The summed E-state index contributed by atoms with van der Waals surface area (Å²) in [6.45, 7) is 0.819. The molecule has 3 rings (SSSR count). The van der Waals surface area contributed by atoms with Gasteiger partial charge in [0.15, 0.2) is 0 Å². The van der Waals surface area contributed by atoms with Crippen LogP contribution in [0.3, 0.4) is 0 Å². The van der Waals surface area contributed by atoms with Crippen LogP contribution in [0, 0.1) is 0 Å². The van der Waals surface area contributed by atoms with Crippen LogP contribution in [0.1, 0.15) is 11.1 Å². The molecule has 1 aromatic carbocycles. The molecule has 0 aliphatic carbocycles. The largest absolute Gasteiger partial charge is 0.395 e. The van der Waals surface area contributed by atoms with Gasteiger partial charge in [-0.3, -0.25) is 0 Å². The fourth-order valence-corrected chi connectivity index (χ4v) is 2.48. The van der Waals surface area contributed by atoms with Crippen LogP contribution in [0.25, 0.3) is 5.52 Å². The van der Waals surface area contributed by atoms with E-state index in [2.05, 4.69) is 28.6 Å². The second-order valence-electron chi connectivity index (χ2n) is 5.15. The first-order chi connectivity index (χ1) is 10.4. The van der Waals surface area contributed by atoms with E-state index in [1.807, 2.05) is 47.2 Å².